The number of nitrogens with zero attached hydrogens (tertiary/aromatic N) is 3. The standard InChI is InChI=1S/C12H13N3O/c13-6-10-2-1-3-11(14-10)15-7-12(16,8-15)9-4-5-9/h1-3,9,16H,4-5,7-8H2. The second kappa shape index (κ2) is 3.19. The monoisotopic (exact) mass is 215 g/mol. The van der Waals surface area contributed by atoms with Gasteiger partial charge in [0.15, 0.2) is 0 Å². The summed E-state index contributed by atoms with van der Waals surface area (Å²) in [6.07, 6.45) is 2.30. The van der Waals surface area contributed by atoms with E-state index in [0.717, 1.165) is 18.7 Å². The highest BCUT2D eigenvalue weighted by atomic mass is 16.3. The van der Waals surface area contributed by atoms with Gasteiger partial charge < -0.3 is 10.0 Å². The van der Waals surface area contributed by atoms with Crippen LogP contribution >= 0.6 is 0 Å². The SMILES string of the molecule is N#Cc1cccc(N2CC(O)(C3CC3)C2)n1. The minimum Gasteiger partial charge on any atom is -0.386 e. The predicted molar refractivity (Wildman–Crippen MR) is 58.8 cm³/mol. The summed E-state index contributed by atoms with van der Waals surface area (Å²) in [5.74, 6) is 1.28. The van der Waals surface area contributed by atoms with Crippen LogP contribution in [0.5, 0.6) is 0 Å². The molecule has 2 fully saturated rings. The van der Waals surface area contributed by atoms with E-state index in [1.165, 1.54) is 0 Å². The molecule has 1 saturated carbocycles. The topological polar surface area (TPSA) is 60.2 Å². The summed E-state index contributed by atoms with van der Waals surface area (Å²) in [5, 5.41) is 18.9. The zero-order chi connectivity index (χ0) is 11.2. The Morgan fingerprint density at radius 2 is 2.19 bits per heavy atom. The largest absolute Gasteiger partial charge is 0.386 e. The average Bonchev–Trinajstić information content (AvgIpc) is 3.09. The summed E-state index contributed by atoms with van der Waals surface area (Å²) in [5.41, 5.74) is -0.0657. The Bertz CT molecular complexity index is 456. The van der Waals surface area contributed by atoms with Crippen LogP contribution in [0, 0.1) is 17.2 Å². The van der Waals surface area contributed by atoms with Gasteiger partial charge in [0, 0.05) is 0 Å². The molecule has 0 radical (unpaired) electrons. The Kier molecular flexibility index (Phi) is 1.92. The Morgan fingerprint density at radius 3 is 2.81 bits per heavy atom. The van der Waals surface area contributed by atoms with Crippen LogP contribution in [0.25, 0.3) is 0 Å². The molecule has 1 aliphatic heterocycles. The highest BCUT2D eigenvalue weighted by molar-refractivity contribution is 5.46. The van der Waals surface area contributed by atoms with Gasteiger partial charge >= 0.3 is 0 Å². The number of aliphatic hydroxyl groups is 1. The van der Waals surface area contributed by atoms with E-state index in [1.807, 2.05) is 23.1 Å². The number of pyridine rings is 1. The van der Waals surface area contributed by atoms with E-state index in [1.54, 1.807) is 6.07 Å². The van der Waals surface area contributed by atoms with Crippen LogP contribution < -0.4 is 4.90 Å². The lowest BCUT2D eigenvalue weighted by Crippen LogP contribution is -2.63. The number of aromatic nitrogens is 1. The van der Waals surface area contributed by atoms with Crippen molar-refractivity contribution in [2.75, 3.05) is 18.0 Å². The first kappa shape index (κ1) is 9.61. The van der Waals surface area contributed by atoms with Crippen molar-refractivity contribution in [2.45, 2.75) is 18.4 Å². The smallest absolute Gasteiger partial charge is 0.142 e. The molecule has 1 N–H and O–H groups in total. The lowest BCUT2D eigenvalue weighted by Gasteiger charge is -2.47. The molecule has 0 atom stereocenters. The predicted octanol–water partition coefficient (Wildman–Crippen LogP) is 0.914. The van der Waals surface area contributed by atoms with E-state index < -0.39 is 5.60 Å². The van der Waals surface area contributed by atoms with Crippen LogP contribution in [-0.4, -0.2) is 28.8 Å². The maximum atomic E-state index is 10.2. The Balaban J connectivity index is 1.73. The normalized spacial score (nSPS) is 22.4. The fraction of sp³-hybridized carbons (Fsp3) is 0.500. The van der Waals surface area contributed by atoms with Gasteiger partial charge in [-0.3, -0.25) is 0 Å². The fourth-order valence-electron chi connectivity index (χ4n) is 2.32. The number of rotatable bonds is 2. The molecule has 1 saturated heterocycles. The second-order valence-electron chi connectivity index (χ2n) is 4.73. The zero-order valence-corrected chi connectivity index (χ0v) is 8.93. The molecular weight excluding hydrogens is 202 g/mol. The van der Waals surface area contributed by atoms with Crippen molar-refractivity contribution in [1.29, 1.82) is 5.26 Å². The summed E-state index contributed by atoms with van der Waals surface area (Å²) < 4.78 is 0. The Morgan fingerprint density at radius 1 is 1.44 bits per heavy atom. The third kappa shape index (κ3) is 1.44. The zero-order valence-electron chi connectivity index (χ0n) is 8.93. The molecule has 1 aliphatic carbocycles. The lowest BCUT2D eigenvalue weighted by molar-refractivity contribution is -0.00974. The summed E-state index contributed by atoms with van der Waals surface area (Å²) in [6.45, 7) is 1.30. The van der Waals surface area contributed by atoms with Crippen molar-refractivity contribution in [3.63, 3.8) is 0 Å². The summed E-state index contributed by atoms with van der Waals surface area (Å²) in [6, 6.07) is 7.43. The molecule has 82 valence electrons. The summed E-state index contributed by atoms with van der Waals surface area (Å²) in [4.78, 5) is 6.24. The van der Waals surface area contributed by atoms with Crippen LogP contribution in [0.3, 0.4) is 0 Å². The molecule has 0 aromatic carbocycles. The molecule has 1 aromatic heterocycles. The fourth-order valence-corrected chi connectivity index (χ4v) is 2.32. The van der Waals surface area contributed by atoms with Crippen molar-refractivity contribution >= 4 is 5.82 Å². The molecule has 2 heterocycles. The molecule has 0 unspecified atom stereocenters. The molecule has 0 bridgehead atoms. The van der Waals surface area contributed by atoms with Crippen LogP contribution in [0.1, 0.15) is 18.5 Å². The van der Waals surface area contributed by atoms with Gasteiger partial charge in [-0.15, -0.1) is 0 Å². The van der Waals surface area contributed by atoms with Crippen molar-refractivity contribution in [1.82, 2.24) is 4.98 Å². The number of hydrogen-bond acceptors (Lipinski definition) is 4. The molecule has 4 heteroatoms. The first-order chi connectivity index (χ1) is 7.71. The van der Waals surface area contributed by atoms with Crippen LogP contribution in [-0.2, 0) is 0 Å². The number of hydrogen-bond donors (Lipinski definition) is 1. The third-order valence-electron chi connectivity index (χ3n) is 3.44. The number of anilines is 1. The molecule has 16 heavy (non-hydrogen) atoms. The molecule has 0 amide bonds. The average molecular weight is 215 g/mol. The van der Waals surface area contributed by atoms with Crippen LogP contribution in [0.15, 0.2) is 18.2 Å². The number of β-amino-alcohol motifs (C(OH)–C–C–N with tert-alkyl or cyclic N) is 1. The number of nitriles is 1. The van der Waals surface area contributed by atoms with E-state index in [2.05, 4.69) is 4.98 Å². The molecule has 2 aliphatic rings. The van der Waals surface area contributed by atoms with Crippen LogP contribution in [0.2, 0.25) is 0 Å². The molecule has 4 nitrogen and oxygen atoms in total. The molecule has 3 rings (SSSR count). The van der Waals surface area contributed by atoms with Gasteiger partial charge in [0.2, 0.25) is 0 Å². The Labute approximate surface area is 94.1 Å². The van der Waals surface area contributed by atoms with Gasteiger partial charge in [-0.1, -0.05) is 6.07 Å². The highest BCUT2D eigenvalue weighted by Crippen LogP contribution is 2.45. The molecule has 0 spiro atoms. The van der Waals surface area contributed by atoms with Gasteiger partial charge in [0.05, 0.1) is 13.1 Å². The van der Waals surface area contributed by atoms with Crippen LogP contribution in [0.4, 0.5) is 5.82 Å². The minimum atomic E-state index is -0.496. The van der Waals surface area contributed by atoms with Gasteiger partial charge in [0.25, 0.3) is 0 Å². The first-order valence-corrected chi connectivity index (χ1v) is 5.56. The summed E-state index contributed by atoms with van der Waals surface area (Å²) >= 11 is 0. The van der Waals surface area contributed by atoms with Crippen molar-refractivity contribution < 1.29 is 5.11 Å². The van der Waals surface area contributed by atoms with Crippen molar-refractivity contribution in [2.24, 2.45) is 5.92 Å². The quantitative estimate of drug-likeness (QED) is 0.796. The van der Waals surface area contributed by atoms with E-state index in [0.29, 0.717) is 24.7 Å². The van der Waals surface area contributed by atoms with Crippen molar-refractivity contribution in [3.05, 3.63) is 23.9 Å². The van der Waals surface area contributed by atoms with Gasteiger partial charge in [-0.05, 0) is 30.9 Å². The first-order valence-electron chi connectivity index (χ1n) is 5.56. The molecule has 1 aromatic rings. The molecular formula is C12H13N3O. The Hall–Kier alpha value is -1.60. The van der Waals surface area contributed by atoms with E-state index in [9.17, 15) is 5.11 Å². The third-order valence-corrected chi connectivity index (χ3v) is 3.44. The van der Waals surface area contributed by atoms with E-state index in [-0.39, 0.29) is 0 Å². The second-order valence-corrected chi connectivity index (χ2v) is 4.73. The highest BCUT2D eigenvalue weighted by Gasteiger charge is 2.52. The maximum Gasteiger partial charge on any atom is 0.142 e. The summed E-state index contributed by atoms with van der Waals surface area (Å²) in [7, 11) is 0. The van der Waals surface area contributed by atoms with E-state index >= 15 is 0 Å². The lowest BCUT2D eigenvalue weighted by atomic mass is 9.89. The maximum absolute atomic E-state index is 10.2. The van der Waals surface area contributed by atoms with Crippen molar-refractivity contribution in [3.8, 4) is 6.07 Å². The minimum absolute atomic E-state index is 0.430. The van der Waals surface area contributed by atoms with Gasteiger partial charge in [-0.2, -0.15) is 5.26 Å². The van der Waals surface area contributed by atoms with Gasteiger partial charge in [-0.25, -0.2) is 4.98 Å². The van der Waals surface area contributed by atoms with Gasteiger partial charge in [0.1, 0.15) is 23.2 Å². The van der Waals surface area contributed by atoms with E-state index in [4.69, 9.17) is 5.26 Å².